The average molecular weight is 375 g/mol. The van der Waals surface area contributed by atoms with Crippen LogP contribution in [0.1, 0.15) is 59.1 Å². The number of hydrogen-bond donors (Lipinski definition) is 0. The summed E-state index contributed by atoms with van der Waals surface area (Å²) in [5.41, 5.74) is 13.4. The minimum absolute atomic E-state index is 0.273. The molecule has 3 aliphatic rings. The predicted octanol–water partition coefficient (Wildman–Crippen LogP) is 7.55. The molecule has 0 atom stereocenters. The third-order valence-corrected chi connectivity index (χ3v) is 8.48. The van der Waals surface area contributed by atoms with Gasteiger partial charge in [-0.2, -0.15) is 0 Å². The molecule has 7 rings (SSSR count). The normalized spacial score (nSPS) is 18.1. The summed E-state index contributed by atoms with van der Waals surface area (Å²) in [6.45, 7) is 4.76. The molecule has 0 amide bonds. The van der Waals surface area contributed by atoms with Gasteiger partial charge in [-0.1, -0.05) is 48.5 Å². The van der Waals surface area contributed by atoms with E-state index in [9.17, 15) is 0 Å². The molecule has 0 aromatic heterocycles. The van der Waals surface area contributed by atoms with Gasteiger partial charge in [-0.05, 0) is 118 Å². The zero-order valence-corrected chi connectivity index (χ0v) is 17.4. The molecule has 29 heavy (non-hydrogen) atoms. The molecule has 0 radical (unpaired) electrons. The van der Waals surface area contributed by atoms with E-state index in [1.165, 1.54) is 60.1 Å². The van der Waals surface area contributed by atoms with Crippen LogP contribution in [-0.2, 0) is 18.3 Å². The molecule has 4 aromatic rings. The van der Waals surface area contributed by atoms with Crippen molar-refractivity contribution in [2.75, 3.05) is 0 Å². The van der Waals surface area contributed by atoms with Crippen molar-refractivity contribution >= 4 is 21.5 Å². The molecular weight excluding hydrogens is 348 g/mol. The monoisotopic (exact) mass is 374 g/mol. The minimum atomic E-state index is 0.273. The van der Waals surface area contributed by atoms with Gasteiger partial charge in [0.05, 0.1) is 0 Å². The molecule has 0 saturated carbocycles. The lowest BCUT2D eigenvalue weighted by Crippen LogP contribution is -2.34. The maximum Gasteiger partial charge on any atom is 0.0221 e. The molecule has 0 heterocycles. The molecule has 4 aromatic carbocycles. The Labute approximate surface area is 172 Å². The van der Waals surface area contributed by atoms with Gasteiger partial charge in [0.1, 0.15) is 0 Å². The summed E-state index contributed by atoms with van der Waals surface area (Å²) in [5, 5.41) is 5.90. The predicted molar refractivity (Wildman–Crippen MR) is 123 cm³/mol. The van der Waals surface area contributed by atoms with Crippen LogP contribution in [0.15, 0.2) is 48.5 Å². The van der Waals surface area contributed by atoms with E-state index in [0.29, 0.717) is 0 Å². The second kappa shape index (κ2) is 5.30. The van der Waals surface area contributed by atoms with Crippen LogP contribution in [0.4, 0.5) is 0 Å². The van der Waals surface area contributed by atoms with Gasteiger partial charge in [-0.25, -0.2) is 0 Å². The highest BCUT2D eigenvalue weighted by Crippen LogP contribution is 2.64. The average Bonchev–Trinajstić information content (AvgIpc) is 3.08. The number of aryl methyl sites for hydroxylation is 2. The van der Waals surface area contributed by atoms with E-state index >= 15 is 0 Å². The molecule has 0 saturated heterocycles. The topological polar surface area (TPSA) is 0 Å². The summed E-state index contributed by atoms with van der Waals surface area (Å²) in [5.74, 6) is 0. The Morgan fingerprint density at radius 1 is 0.586 bits per heavy atom. The zero-order chi connectivity index (χ0) is 19.3. The molecule has 0 fully saturated rings. The molecule has 0 unspecified atom stereocenters. The molecule has 0 aliphatic heterocycles. The standard InChI is InChI=1S/C29H26/c1-17-19-9-3-5-11-23(19)25-26-24-12-6-4-10-20(24)18(2)22-14-8-16-29(28(22)26)15-7-13-21(17)27(25)29/h3-6,9-12H,7-8,13-16H2,1-2H3. The summed E-state index contributed by atoms with van der Waals surface area (Å²) >= 11 is 0. The van der Waals surface area contributed by atoms with E-state index in [1.807, 2.05) is 0 Å². The molecule has 0 bridgehead atoms. The van der Waals surface area contributed by atoms with Crippen molar-refractivity contribution < 1.29 is 0 Å². The Balaban J connectivity index is 1.82. The van der Waals surface area contributed by atoms with Crippen molar-refractivity contribution in [2.45, 2.75) is 57.8 Å². The Morgan fingerprint density at radius 3 is 1.45 bits per heavy atom. The fourth-order valence-corrected chi connectivity index (χ4v) is 7.41. The molecule has 142 valence electrons. The quantitative estimate of drug-likeness (QED) is 0.298. The Bertz CT molecular complexity index is 1260. The Hall–Kier alpha value is -2.60. The first-order valence-electron chi connectivity index (χ1n) is 11.3. The third kappa shape index (κ3) is 1.74. The van der Waals surface area contributed by atoms with Crippen molar-refractivity contribution in [3.63, 3.8) is 0 Å². The van der Waals surface area contributed by atoms with Gasteiger partial charge in [0.15, 0.2) is 0 Å². The maximum atomic E-state index is 2.39. The maximum absolute atomic E-state index is 2.39. The van der Waals surface area contributed by atoms with Crippen LogP contribution in [0.3, 0.4) is 0 Å². The van der Waals surface area contributed by atoms with Crippen LogP contribution >= 0.6 is 0 Å². The van der Waals surface area contributed by atoms with E-state index in [-0.39, 0.29) is 5.41 Å². The molecule has 0 heteroatoms. The number of fused-ring (bicyclic) bond motifs is 5. The molecule has 3 aliphatic carbocycles. The smallest absolute Gasteiger partial charge is 0.0221 e. The summed E-state index contributed by atoms with van der Waals surface area (Å²) in [6.07, 6.45) is 7.83. The van der Waals surface area contributed by atoms with E-state index < -0.39 is 0 Å². The van der Waals surface area contributed by atoms with E-state index in [4.69, 9.17) is 0 Å². The van der Waals surface area contributed by atoms with Gasteiger partial charge >= 0.3 is 0 Å². The van der Waals surface area contributed by atoms with Gasteiger partial charge in [0, 0.05) is 5.41 Å². The lowest BCUT2D eigenvalue weighted by Gasteiger charge is -2.42. The Kier molecular flexibility index (Phi) is 2.97. The molecule has 1 spiro atoms. The first-order chi connectivity index (χ1) is 14.2. The van der Waals surface area contributed by atoms with Crippen molar-refractivity contribution in [1.82, 2.24) is 0 Å². The van der Waals surface area contributed by atoms with Gasteiger partial charge in [0.25, 0.3) is 0 Å². The molecular formula is C29H26. The third-order valence-electron chi connectivity index (χ3n) is 8.48. The summed E-state index contributed by atoms with van der Waals surface area (Å²) in [6, 6.07) is 18.4. The van der Waals surface area contributed by atoms with Crippen LogP contribution < -0.4 is 0 Å². The van der Waals surface area contributed by atoms with Gasteiger partial charge in [-0.3, -0.25) is 0 Å². The van der Waals surface area contributed by atoms with Crippen LogP contribution in [0.25, 0.3) is 32.7 Å². The highest BCUT2D eigenvalue weighted by Gasteiger charge is 2.50. The SMILES string of the molecule is Cc1c2c3c(c4ccccc14)-c1c4c(c(C)c5ccccc15)CCCC34CCC2. The van der Waals surface area contributed by atoms with Crippen molar-refractivity contribution in [2.24, 2.45) is 0 Å². The number of benzene rings is 4. The highest BCUT2D eigenvalue weighted by molar-refractivity contribution is 6.13. The van der Waals surface area contributed by atoms with Crippen molar-refractivity contribution in [3.05, 3.63) is 81.9 Å². The van der Waals surface area contributed by atoms with Crippen LogP contribution in [-0.4, -0.2) is 0 Å². The Morgan fingerprint density at radius 2 is 1.00 bits per heavy atom. The summed E-state index contributed by atoms with van der Waals surface area (Å²) < 4.78 is 0. The second-order valence-corrected chi connectivity index (χ2v) is 9.59. The van der Waals surface area contributed by atoms with E-state index in [0.717, 1.165) is 0 Å². The van der Waals surface area contributed by atoms with E-state index in [2.05, 4.69) is 62.4 Å². The van der Waals surface area contributed by atoms with Gasteiger partial charge in [0.2, 0.25) is 0 Å². The minimum Gasteiger partial charge on any atom is -0.0616 e. The largest absolute Gasteiger partial charge is 0.0616 e. The van der Waals surface area contributed by atoms with Crippen molar-refractivity contribution in [1.29, 1.82) is 0 Å². The fraction of sp³-hybridized carbons (Fsp3) is 0.310. The van der Waals surface area contributed by atoms with Gasteiger partial charge in [-0.15, -0.1) is 0 Å². The first-order valence-corrected chi connectivity index (χ1v) is 11.3. The number of rotatable bonds is 0. The van der Waals surface area contributed by atoms with Gasteiger partial charge < -0.3 is 0 Å². The van der Waals surface area contributed by atoms with Crippen LogP contribution in [0.5, 0.6) is 0 Å². The van der Waals surface area contributed by atoms with Crippen LogP contribution in [0, 0.1) is 13.8 Å². The molecule has 0 nitrogen and oxygen atoms in total. The second-order valence-electron chi connectivity index (χ2n) is 9.59. The fourth-order valence-electron chi connectivity index (χ4n) is 7.41. The van der Waals surface area contributed by atoms with Crippen LogP contribution in [0.2, 0.25) is 0 Å². The number of hydrogen-bond acceptors (Lipinski definition) is 0. The highest BCUT2D eigenvalue weighted by atomic mass is 14.5. The lowest BCUT2D eigenvalue weighted by atomic mass is 9.61. The summed E-state index contributed by atoms with van der Waals surface area (Å²) in [4.78, 5) is 0. The summed E-state index contributed by atoms with van der Waals surface area (Å²) in [7, 11) is 0. The first kappa shape index (κ1) is 16.2. The molecule has 0 N–H and O–H groups in total. The lowest BCUT2D eigenvalue weighted by molar-refractivity contribution is 0.377. The van der Waals surface area contributed by atoms with E-state index in [1.54, 1.807) is 44.5 Å². The van der Waals surface area contributed by atoms with Crippen molar-refractivity contribution in [3.8, 4) is 11.1 Å². The zero-order valence-electron chi connectivity index (χ0n) is 17.4.